The molecule has 0 aliphatic carbocycles. The van der Waals surface area contributed by atoms with E-state index in [-0.39, 0.29) is 24.1 Å². The van der Waals surface area contributed by atoms with Gasteiger partial charge in [0.15, 0.2) is 0 Å². The van der Waals surface area contributed by atoms with Gasteiger partial charge in [0.2, 0.25) is 17.8 Å². The van der Waals surface area contributed by atoms with E-state index in [0.29, 0.717) is 28.0 Å². The van der Waals surface area contributed by atoms with E-state index in [4.69, 9.17) is 17.3 Å². The molecule has 2 amide bonds. The monoisotopic (exact) mass is 414 g/mol. The van der Waals surface area contributed by atoms with Crippen LogP contribution in [0.3, 0.4) is 0 Å². The topological polar surface area (TPSA) is 113 Å². The van der Waals surface area contributed by atoms with Gasteiger partial charge >= 0.3 is 0 Å². The van der Waals surface area contributed by atoms with Crippen LogP contribution in [0.2, 0.25) is 5.02 Å². The molecule has 1 atom stereocenters. The summed E-state index contributed by atoms with van der Waals surface area (Å²) in [4.78, 5) is 36.3. The van der Waals surface area contributed by atoms with Crippen molar-refractivity contribution in [1.82, 2.24) is 9.97 Å². The lowest BCUT2D eigenvalue weighted by Crippen LogP contribution is -2.35. The normalized spacial score (nSPS) is 18.8. The molecule has 29 heavy (non-hydrogen) atoms. The summed E-state index contributed by atoms with van der Waals surface area (Å²) in [7, 11) is 0. The van der Waals surface area contributed by atoms with Crippen molar-refractivity contribution in [3.63, 3.8) is 0 Å². The maximum Gasteiger partial charge on any atom is 0.232 e. The van der Waals surface area contributed by atoms with Crippen molar-refractivity contribution >= 4 is 46.7 Å². The zero-order chi connectivity index (χ0) is 20.5. The molecular formula is C20H23ClN6O2. The maximum absolute atomic E-state index is 13.0. The summed E-state index contributed by atoms with van der Waals surface area (Å²) < 4.78 is 0. The second-order valence-corrected chi connectivity index (χ2v) is 7.83. The van der Waals surface area contributed by atoms with Gasteiger partial charge in [-0.05, 0) is 43.9 Å². The van der Waals surface area contributed by atoms with E-state index < -0.39 is 5.92 Å². The summed E-state index contributed by atoms with van der Waals surface area (Å²) in [5.41, 5.74) is 8.05. The molecule has 1 aromatic heterocycles. The predicted octanol–water partition coefficient (Wildman–Crippen LogP) is 3.08. The highest BCUT2D eigenvalue weighted by molar-refractivity contribution is 6.31. The molecule has 152 valence electrons. The minimum atomic E-state index is -0.771. The lowest BCUT2D eigenvalue weighted by Gasteiger charge is -2.30. The molecule has 4 N–H and O–H groups in total. The van der Waals surface area contributed by atoms with Crippen molar-refractivity contribution in [2.24, 2.45) is 0 Å². The Morgan fingerprint density at radius 1 is 1.28 bits per heavy atom. The highest BCUT2D eigenvalue weighted by Gasteiger charge is 2.35. The number of anilines is 4. The van der Waals surface area contributed by atoms with Crippen LogP contribution in [-0.4, -0.2) is 34.9 Å². The number of piperidine rings is 1. The Morgan fingerprint density at radius 2 is 2.03 bits per heavy atom. The number of nitrogen functional groups attached to an aromatic ring is 1. The number of hydrogen-bond acceptors (Lipinski definition) is 6. The number of fused-ring (bicyclic) bond motifs is 1. The lowest BCUT2D eigenvalue weighted by molar-refractivity contribution is -0.123. The highest BCUT2D eigenvalue weighted by atomic mass is 35.5. The Hall–Kier alpha value is -2.87. The second kappa shape index (κ2) is 7.87. The number of carbonyl (C=O) groups is 2. The molecule has 0 radical (unpaired) electrons. The summed E-state index contributed by atoms with van der Waals surface area (Å²) >= 11 is 6.14. The van der Waals surface area contributed by atoms with Crippen LogP contribution in [0, 0.1) is 6.92 Å². The fraction of sp³-hybridized carbons (Fsp3) is 0.400. The molecule has 2 aromatic rings. The molecule has 1 aromatic carbocycles. The first-order valence-corrected chi connectivity index (χ1v) is 10.1. The molecule has 2 aliphatic heterocycles. The number of carbonyl (C=O) groups excluding carboxylic acids is 2. The minimum Gasteiger partial charge on any atom is -0.383 e. The van der Waals surface area contributed by atoms with Crippen molar-refractivity contribution < 1.29 is 9.59 Å². The van der Waals surface area contributed by atoms with Crippen molar-refractivity contribution in [3.05, 3.63) is 34.3 Å². The number of nitrogens with two attached hydrogens (primary N) is 1. The third kappa shape index (κ3) is 3.85. The second-order valence-electron chi connectivity index (χ2n) is 7.43. The van der Waals surface area contributed by atoms with Gasteiger partial charge in [0.25, 0.3) is 0 Å². The fourth-order valence-corrected chi connectivity index (χ4v) is 3.98. The molecule has 9 heteroatoms. The van der Waals surface area contributed by atoms with E-state index in [1.54, 1.807) is 18.2 Å². The van der Waals surface area contributed by atoms with Gasteiger partial charge in [-0.2, -0.15) is 9.97 Å². The molecule has 8 nitrogen and oxygen atoms in total. The number of nitrogens with zero attached hydrogens (tertiary/aromatic N) is 3. The highest BCUT2D eigenvalue weighted by Crippen LogP contribution is 2.37. The van der Waals surface area contributed by atoms with Gasteiger partial charge in [0.05, 0.1) is 11.5 Å². The number of halogens is 1. The minimum absolute atomic E-state index is 0.0188. The van der Waals surface area contributed by atoms with E-state index in [1.807, 2.05) is 6.92 Å². The van der Waals surface area contributed by atoms with Crippen molar-refractivity contribution in [1.29, 1.82) is 0 Å². The van der Waals surface area contributed by atoms with Crippen LogP contribution >= 0.6 is 11.6 Å². The Balaban J connectivity index is 1.65. The first kappa shape index (κ1) is 19.4. The first-order chi connectivity index (χ1) is 13.9. The van der Waals surface area contributed by atoms with E-state index in [0.717, 1.165) is 31.5 Å². The van der Waals surface area contributed by atoms with Gasteiger partial charge in [-0.25, -0.2) is 0 Å². The molecule has 0 bridgehead atoms. The summed E-state index contributed by atoms with van der Waals surface area (Å²) in [6.07, 6.45) is 3.29. The van der Waals surface area contributed by atoms with Gasteiger partial charge < -0.3 is 21.3 Å². The number of nitrogens with one attached hydrogen (secondary N) is 2. The fourth-order valence-electron chi connectivity index (χ4n) is 3.81. The molecular weight excluding hydrogens is 392 g/mol. The summed E-state index contributed by atoms with van der Waals surface area (Å²) in [6.45, 7) is 3.52. The van der Waals surface area contributed by atoms with Crippen LogP contribution in [-0.2, 0) is 9.59 Å². The van der Waals surface area contributed by atoms with Gasteiger partial charge in [0, 0.05) is 30.2 Å². The van der Waals surface area contributed by atoms with E-state index in [2.05, 4.69) is 25.5 Å². The molecule has 0 spiro atoms. The molecule has 4 rings (SSSR count). The molecule has 0 unspecified atom stereocenters. The van der Waals surface area contributed by atoms with E-state index >= 15 is 0 Å². The van der Waals surface area contributed by atoms with Crippen LogP contribution in [0.25, 0.3) is 0 Å². The smallest absolute Gasteiger partial charge is 0.232 e. The van der Waals surface area contributed by atoms with Crippen LogP contribution < -0.4 is 21.3 Å². The predicted molar refractivity (Wildman–Crippen MR) is 113 cm³/mol. The van der Waals surface area contributed by atoms with E-state index in [9.17, 15) is 9.59 Å². The van der Waals surface area contributed by atoms with Gasteiger partial charge in [-0.15, -0.1) is 0 Å². The SMILES string of the molecule is Cc1c(Cl)cccc1NC(=O)[C@@H]1CC(=O)Nc2nc(N3CCCCC3)nc(N)c21. The Morgan fingerprint density at radius 3 is 2.79 bits per heavy atom. The van der Waals surface area contributed by atoms with E-state index in [1.165, 1.54) is 6.42 Å². The van der Waals surface area contributed by atoms with Crippen LogP contribution in [0.5, 0.6) is 0 Å². The summed E-state index contributed by atoms with van der Waals surface area (Å²) in [6, 6.07) is 5.28. The molecule has 1 saturated heterocycles. The number of hydrogen-bond donors (Lipinski definition) is 3. The zero-order valence-electron chi connectivity index (χ0n) is 16.2. The van der Waals surface area contributed by atoms with Crippen LogP contribution in [0.4, 0.5) is 23.3 Å². The Labute approximate surface area is 173 Å². The largest absolute Gasteiger partial charge is 0.383 e. The molecule has 0 saturated carbocycles. The Kier molecular flexibility index (Phi) is 5.27. The van der Waals surface area contributed by atoms with Crippen molar-refractivity contribution in [2.75, 3.05) is 34.4 Å². The zero-order valence-corrected chi connectivity index (χ0v) is 16.9. The lowest BCUT2D eigenvalue weighted by atomic mass is 9.91. The average molecular weight is 415 g/mol. The first-order valence-electron chi connectivity index (χ1n) is 9.72. The summed E-state index contributed by atoms with van der Waals surface area (Å²) in [5, 5.41) is 6.17. The van der Waals surface area contributed by atoms with Crippen LogP contribution in [0.15, 0.2) is 18.2 Å². The average Bonchev–Trinajstić information content (AvgIpc) is 2.71. The number of aromatic nitrogens is 2. The summed E-state index contributed by atoms with van der Waals surface area (Å²) in [5.74, 6) is -0.355. The molecule has 1 fully saturated rings. The number of amides is 2. The quantitative estimate of drug-likeness (QED) is 0.711. The maximum atomic E-state index is 13.0. The van der Waals surface area contributed by atoms with Crippen molar-refractivity contribution in [3.8, 4) is 0 Å². The third-order valence-corrected chi connectivity index (χ3v) is 5.85. The molecule has 3 heterocycles. The number of benzene rings is 1. The Bertz CT molecular complexity index is 974. The third-order valence-electron chi connectivity index (χ3n) is 5.44. The standard InChI is InChI=1S/C20H23ClN6O2/c1-11-13(21)6-5-7-14(11)23-19(29)12-10-15(28)24-18-16(12)17(22)25-20(26-18)27-8-3-2-4-9-27/h5-7,12H,2-4,8-10H2,1H3,(H,23,29)(H3,22,24,25,26,28)/t12-/m1/s1. The van der Waals surface area contributed by atoms with Gasteiger partial charge in [-0.3, -0.25) is 9.59 Å². The van der Waals surface area contributed by atoms with Gasteiger partial charge in [0.1, 0.15) is 11.6 Å². The van der Waals surface area contributed by atoms with Crippen molar-refractivity contribution in [2.45, 2.75) is 38.5 Å². The van der Waals surface area contributed by atoms with Crippen LogP contribution in [0.1, 0.15) is 42.7 Å². The number of rotatable bonds is 3. The molecule has 2 aliphatic rings. The van der Waals surface area contributed by atoms with Gasteiger partial charge in [-0.1, -0.05) is 17.7 Å².